The maximum atomic E-state index is 8.87. The summed E-state index contributed by atoms with van der Waals surface area (Å²) in [7, 11) is 0. The highest BCUT2D eigenvalue weighted by Gasteiger charge is 2.13. The lowest BCUT2D eigenvalue weighted by Gasteiger charge is -2.06. The van der Waals surface area contributed by atoms with E-state index in [-0.39, 0.29) is 28.5 Å². The van der Waals surface area contributed by atoms with Crippen LogP contribution in [0.2, 0.25) is 20.1 Å². The molecule has 3 rings (SSSR count). The molecule has 0 amide bonds. The molecule has 164 valence electrons. The smallest absolute Gasteiger partial charge is 0.242 e. The number of rotatable bonds is 3. The summed E-state index contributed by atoms with van der Waals surface area (Å²) in [6, 6.07) is 11.8. The largest absolute Gasteiger partial charge is 0.382 e. The molecule has 3 aromatic rings. The molecule has 1 aromatic heterocycles. The van der Waals surface area contributed by atoms with E-state index in [9.17, 15) is 0 Å². The van der Waals surface area contributed by atoms with Crippen LogP contribution < -0.4 is 22.9 Å². The van der Waals surface area contributed by atoms with Crippen molar-refractivity contribution >= 4 is 69.8 Å². The van der Waals surface area contributed by atoms with Gasteiger partial charge in [-0.25, -0.2) is 0 Å². The van der Waals surface area contributed by atoms with Crippen LogP contribution in [-0.4, -0.2) is 26.9 Å². The molecule has 0 atom stereocenters. The Labute approximate surface area is 202 Å². The van der Waals surface area contributed by atoms with Crippen LogP contribution in [0.3, 0.4) is 0 Å². The number of nitrogens with zero attached hydrogens (tertiary/aromatic N) is 6. The second-order valence-corrected chi connectivity index (χ2v) is 7.26. The number of benzene rings is 2. The van der Waals surface area contributed by atoms with Crippen molar-refractivity contribution in [2.75, 3.05) is 11.5 Å². The first-order valence-electron chi connectivity index (χ1n) is 8.36. The number of nitriles is 1. The minimum atomic E-state index is -0.245. The molecule has 0 aliphatic carbocycles. The lowest BCUT2D eigenvalue weighted by molar-refractivity contribution is 1.000. The first-order chi connectivity index (χ1) is 15.1. The molecule has 0 spiro atoms. The van der Waals surface area contributed by atoms with Gasteiger partial charge in [-0.1, -0.05) is 70.7 Å². The SMILES string of the molecule is N#C/C(=N\N=C(N)N)c1cccc(Cl)c1Cl.Nc1nnc(-c2cccc(Cl)c2Cl)c(N)n1. The molecule has 2 aromatic carbocycles. The van der Waals surface area contributed by atoms with E-state index in [1.807, 2.05) is 6.07 Å². The predicted octanol–water partition coefficient (Wildman–Crippen LogP) is 3.50. The summed E-state index contributed by atoms with van der Waals surface area (Å²) < 4.78 is 0. The second kappa shape index (κ2) is 11.3. The van der Waals surface area contributed by atoms with Crippen LogP contribution in [-0.2, 0) is 0 Å². The summed E-state index contributed by atoms with van der Waals surface area (Å²) in [5, 5.41) is 24.6. The van der Waals surface area contributed by atoms with Gasteiger partial charge in [-0.05, 0) is 12.1 Å². The fourth-order valence-electron chi connectivity index (χ4n) is 2.16. The Morgan fingerprint density at radius 1 is 0.875 bits per heavy atom. The van der Waals surface area contributed by atoms with E-state index in [2.05, 4.69) is 25.4 Å². The summed E-state index contributed by atoms with van der Waals surface area (Å²) in [6.07, 6.45) is 0. The number of hydrogen-bond donors (Lipinski definition) is 4. The van der Waals surface area contributed by atoms with Crippen molar-refractivity contribution in [2.24, 2.45) is 21.7 Å². The molecule has 0 unspecified atom stereocenters. The fraction of sp³-hybridized carbons (Fsp3) is 0. The molecule has 1 heterocycles. The van der Waals surface area contributed by atoms with Gasteiger partial charge in [0.15, 0.2) is 11.5 Å². The van der Waals surface area contributed by atoms with E-state index in [4.69, 9.17) is 74.6 Å². The molecule has 0 bridgehead atoms. The number of guanidine groups is 1. The molecule has 0 aliphatic rings. The number of hydrogen-bond acceptors (Lipinski definition) is 8. The van der Waals surface area contributed by atoms with E-state index in [0.717, 1.165) is 0 Å². The third kappa shape index (κ3) is 6.32. The maximum Gasteiger partial charge on any atom is 0.242 e. The predicted molar refractivity (Wildman–Crippen MR) is 129 cm³/mol. The van der Waals surface area contributed by atoms with Gasteiger partial charge < -0.3 is 22.9 Å². The quantitative estimate of drug-likeness (QED) is 0.233. The third-order valence-electron chi connectivity index (χ3n) is 3.51. The minimum Gasteiger partial charge on any atom is -0.382 e. The van der Waals surface area contributed by atoms with Crippen LogP contribution in [0.5, 0.6) is 0 Å². The number of nitrogen functional groups attached to an aromatic ring is 2. The van der Waals surface area contributed by atoms with Crippen LogP contribution in [0.1, 0.15) is 5.56 Å². The third-order valence-corrected chi connectivity index (χ3v) is 5.15. The molecule has 8 N–H and O–H groups in total. The fourth-order valence-corrected chi connectivity index (χ4v) is 2.94. The van der Waals surface area contributed by atoms with Crippen LogP contribution in [0.4, 0.5) is 11.8 Å². The summed E-state index contributed by atoms with van der Waals surface area (Å²) in [5.41, 5.74) is 22.5. The molecule has 0 saturated heterocycles. The standard InChI is InChI=1S/2C9H7Cl2N5/c10-5-3-1-2-4(6(5)11)7-8(12)14-9(13)16-15-7;10-6-3-1-2-5(8(6)11)7(4-12)15-16-9(13)14/h1-3H,(H4,12,13,14,16);1-3H,(H4,13,14,16)/b;15-7+. The van der Waals surface area contributed by atoms with Gasteiger partial charge in [0.1, 0.15) is 11.8 Å². The van der Waals surface area contributed by atoms with Crippen molar-refractivity contribution in [1.29, 1.82) is 5.26 Å². The van der Waals surface area contributed by atoms with Gasteiger partial charge >= 0.3 is 0 Å². The lowest BCUT2D eigenvalue weighted by Crippen LogP contribution is -2.22. The molecule has 0 aliphatic heterocycles. The Morgan fingerprint density at radius 2 is 1.50 bits per heavy atom. The zero-order valence-electron chi connectivity index (χ0n) is 16.0. The highest BCUT2D eigenvalue weighted by molar-refractivity contribution is 6.44. The number of aromatic nitrogens is 3. The summed E-state index contributed by atoms with van der Waals surface area (Å²) in [4.78, 5) is 3.80. The van der Waals surface area contributed by atoms with Crippen molar-refractivity contribution in [3.63, 3.8) is 0 Å². The van der Waals surface area contributed by atoms with Gasteiger partial charge in [0.05, 0.1) is 20.1 Å². The molecule has 10 nitrogen and oxygen atoms in total. The van der Waals surface area contributed by atoms with Gasteiger partial charge in [-0.3, -0.25) is 0 Å². The summed E-state index contributed by atoms with van der Waals surface area (Å²) in [5.74, 6) is -0.0676. The van der Waals surface area contributed by atoms with Crippen LogP contribution in [0.25, 0.3) is 11.3 Å². The molecule has 0 radical (unpaired) electrons. The Morgan fingerprint density at radius 3 is 2.09 bits per heavy atom. The molecule has 0 fully saturated rings. The van der Waals surface area contributed by atoms with E-state index in [0.29, 0.717) is 31.9 Å². The number of nitrogens with two attached hydrogens (primary N) is 4. The average Bonchev–Trinajstić information content (AvgIpc) is 2.74. The van der Waals surface area contributed by atoms with Gasteiger partial charge in [0.25, 0.3) is 0 Å². The summed E-state index contributed by atoms with van der Waals surface area (Å²) >= 11 is 23.6. The molecule has 0 saturated carbocycles. The highest BCUT2D eigenvalue weighted by Crippen LogP contribution is 2.34. The first kappa shape index (κ1) is 24.9. The van der Waals surface area contributed by atoms with Crippen LogP contribution in [0.15, 0.2) is 46.6 Å². The van der Waals surface area contributed by atoms with Crippen LogP contribution >= 0.6 is 46.4 Å². The Hall–Kier alpha value is -3.36. The van der Waals surface area contributed by atoms with Gasteiger partial charge in [0.2, 0.25) is 11.9 Å². The maximum absolute atomic E-state index is 8.87. The zero-order chi connectivity index (χ0) is 23.8. The number of halogens is 4. The Kier molecular flexibility index (Phi) is 8.80. The van der Waals surface area contributed by atoms with Crippen molar-refractivity contribution < 1.29 is 0 Å². The Bertz CT molecular complexity index is 1230. The average molecular weight is 512 g/mol. The highest BCUT2D eigenvalue weighted by atomic mass is 35.5. The van der Waals surface area contributed by atoms with Gasteiger partial charge in [-0.15, -0.1) is 20.4 Å². The monoisotopic (exact) mass is 510 g/mol. The van der Waals surface area contributed by atoms with Crippen molar-refractivity contribution in [2.45, 2.75) is 0 Å². The van der Waals surface area contributed by atoms with E-state index in [1.54, 1.807) is 36.4 Å². The summed E-state index contributed by atoms with van der Waals surface area (Å²) in [6.45, 7) is 0. The molecule has 14 heteroatoms. The van der Waals surface area contributed by atoms with Gasteiger partial charge in [-0.2, -0.15) is 10.2 Å². The lowest BCUT2D eigenvalue weighted by atomic mass is 10.1. The second-order valence-electron chi connectivity index (χ2n) is 5.69. The Balaban J connectivity index is 0.000000227. The van der Waals surface area contributed by atoms with Crippen molar-refractivity contribution in [3.8, 4) is 17.3 Å². The normalized spacial score (nSPS) is 10.5. The van der Waals surface area contributed by atoms with Crippen LogP contribution in [0, 0.1) is 11.3 Å². The molecular formula is C18H14Cl4N10. The number of anilines is 2. The first-order valence-corrected chi connectivity index (χ1v) is 9.88. The molecule has 32 heavy (non-hydrogen) atoms. The topological polar surface area (TPSA) is 191 Å². The molecular weight excluding hydrogens is 498 g/mol. The zero-order valence-corrected chi connectivity index (χ0v) is 19.0. The van der Waals surface area contributed by atoms with E-state index in [1.165, 1.54) is 0 Å². The minimum absolute atomic E-state index is 0.0131. The van der Waals surface area contributed by atoms with Gasteiger partial charge in [0, 0.05) is 11.1 Å². The van der Waals surface area contributed by atoms with Crippen molar-refractivity contribution in [1.82, 2.24) is 15.2 Å². The van der Waals surface area contributed by atoms with E-state index < -0.39 is 0 Å². The van der Waals surface area contributed by atoms with E-state index >= 15 is 0 Å². The van der Waals surface area contributed by atoms with Crippen molar-refractivity contribution in [3.05, 3.63) is 62.1 Å².